The average molecular weight is 200 g/mol. The number of pyridine rings is 1. The van der Waals surface area contributed by atoms with Crippen LogP contribution < -0.4 is 5.32 Å². The van der Waals surface area contributed by atoms with Crippen molar-refractivity contribution in [3.8, 4) is 0 Å². The lowest BCUT2D eigenvalue weighted by molar-refractivity contribution is 1.11. The van der Waals surface area contributed by atoms with Crippen molar-refractivity contribution in [3.05, 3.63) is 36.3 Å². The smallest absolute Gasteiger partial charge is 0.137 e. The summed E-state index contributed by atoms with van der Waals surface area (Å²) >= 11 is 0. The van der Waals surface area contributed by atoms with E-state index in [1.807, 2.05) is 25.4 Å². The highest BCUT2D eigenvalue weighted by molar-refractivity contribution is 6.08. The minimum Gasteiger partial charge on any atom is -0.393 e. The van der Waals surface area contributed by atoms with Gasteiger partial charge in [0.2, 0.25) is 0 Å². The lowest BCUT2D eigenvalue weighted by Crippen LogP contribution is -1.97. The predicted octanol–water partition coefficient (Wildman–Crippen LogP) is 1.77. The molecule has 2 aromatic rings. The molecule has 0 spiro atoms. The maximum absolute atomic E-state index is 7.30. The molecular weight excluding hydrogens is 188 g/mol. The molecule has 76 valence electrons. The van der Waals surface area contributed by atoms with Crippen molar-refractivity contribution in [2.45, 2.75) is 0 Å². The van der Waals surface area contributed by atoms with Crippen LogP contribution in [-0.4, -0.2) is 23.2 Å². The number of nitrogens with one attached hydrogen (secondary N) is 3. The molecule has 0 atom stereocenters. The highest BCUT2D eigenvalue weighted by atomic mass is 14.8. The molecule has 0 amide bonds. The van der Waals surface area contributed by atoms with Gasteiger partial charge in [0.25, 0.3) is 0 Å². The summed E-state index contributed by atoms with van der Waals surface area (Å²) in [5.74, 6) is 0. The molecule has 0 radical (unpaired) electrons. The van der Waals surface area contributed by atoms with Gasteiger partial charge in [-0.25, -0.2) is 4.98 Å². The van der Waals surface area contributed by atoms with Crippen LogP contribution in [0.3, 0.4) is 0 Å². The van der Waals surface area contributed by atoms with E-state index in [1.165, 1.54) is 6.21 Å². The molecule has 0 aromatic carbocycles. The Balaban J connectivity index is 2.51. The first-order valence-electron chi connectivity index (χ1n) is 4.66. The SMILES string of the molecule is CN/C=C(\C=N)c1cnc2[nH]ccc2c1. The molecule has 15 heavy (non-hydrogen) atoms. The van der Waals surface area contributed by atoms with Crippen LogP contribution in [0.5, 0.6) is 0 Å². The third kappa shape index (κ3) is 1.74. The molecule has 0 unspecified atom stereocenters. The standard InChI is InChI=1S/C11H12N4/c1-13-6-10(5-12)9-4-8-2-3-14-11(8)15-7-9/h2-7,12-13H,1H3,(H,14,15)/b10-6+,12-5?. The van der Waals surface area contributed by atoms with Crippen LogP contribution in [0.4, 0.5) is 0 Å². The first kappa shape index (κ1) is 9.45. The monoisotopic (exact) mass is 200 g/mol. The van der Waals surface area contributed by atoms with Crippen LogP contribution in [0.2, 0.25) is 0 Å². The molecule has 3 N–H and O–H groups in total. The van der Waals surface area contributed by atoms with Gasteiger partial charge in [-0.3, -0.25) is 0 Å². The Kier molecular flexibility index (Phi) is 2.49. The third-order valence-corrected chi connectivity index (χ3v) is 2.19. The lowest BCUT2D eigenvalue weighted by Gasteiger charge is -2.01. The van der Waals surface area contributed by atoms with Crippen LogP contribution in [-0.2, 0) is 0 Å². The van der Waals surface area contributed by atoms with Crippen molar-refractivity contribution in [2.75, 3.05) is 7.05 Å². The minimum atomic E-state index is 0.813. The predicted molar refractivity (Wildman–Crippen MR) is 61.9 cm³/mol. The lowest BCUT2D eigenvalue weighted by atomic mass is 10.1. The first-order valence-corrected chi connectivity index (χ1v) is 4.66. The Morgan fingerprint density at radius 1 is 1.60 bits per heavy atom. The molecule has 4 heteroatoms. The van der Waals surface area contributed by atoms with E-state index in [0.29, 0.717) is 0 Å². The molecule has 0 aliphatic heterocycles. The number of hydrogen-bond acceptors (Lipinski definition) is 3. The largest absolute Gasteiger partial charge is 0.393 e. The Hall–Kier alpha value is -2.10. The fourth-order valence-corrected chi connectivity index (χ4v) is 1.46. The fraction of sp³-hybridized carbons (Fsp3) is 0.0909. The number of rotatable bonds is 3. The summed E-state index contributed by atoms with van der Waals surface area (Å²) in [5, 5.41) is 11.3. The quantitative estimate of drug-likeness (QED) is 0.661. The molecule has 2 rings (SSSR count). The minimum absolute atomic E-state index is 0.813. The van der Waals surface area contributed by atoms with Gasteiger partial charge in [0, 0.05) is 48.4 Å². The molecular formula is C11H12N4. The van der Waals surface area contributed by atoms with Gasteiger partial charge in [-0.15, -0.1) is 0 Å². The van der Waals surface area contributed by atoms with E-state index >= 15 is 0 Å². The van der Waals surface area contributed by atoms with Crippen molar-refractivity contribution in [1.29, 1.82) is 5.41 Å². The Bertz CT molecular complexity index is 510. The number of fused-ring (bicyclic) bond motifs is 1. The maximum Gasteiger partial charge on any atom is 0.137 e. The number of nitrogens with zero attached hydrogens (tertiary/aromatic N) is 1. The second kappa shape index (κ2) is 3.96. The molecule has 4 nitrogen and oxygen atoms in total. The van der Waals surface area contributed by atoms with Gasteiger partial charge in [-0.1, -0.05) is 0 Å². The van der Waals surface area contributed by atoms with Crippen LogP contribution >= 0.6 is 0 Å². The number of aromatic nitrogens is 2. The van der Waals surface area contributed by atoms with Crippen LogP contribution in [0.1, 0.15) is 5.56 Å². The van der Waals surface area contributed by atoms with Gasteiger partial charge in [0.1, 0.15) is 5.65 Å². The fourth-order valence-electron chi connectivity index (χ4n) is 1.46. The Morgan fingerprint density at radius 3 is 3.20 bits per heavy atom. The molecule has 0 aliphatic rings. The van der Waals surface area contributed by atoms with Crippen molar-refractivity contribution >= 4 is 22.8 Å². The molecule has 0 fully saturated rings. The number of hydrogen-bond donors (Lipinski definition) is 3. The van der Waals surface area contributed by atoms with Crippen molar-refractivity contribution in [1.82, 2.24) is 15.3 Å². The highest BCUT2D eigenvalue weighted by Crippen LogP contribution is 2.16. The molecule has 0 bridgehead atoms. The van der Waals surface area contributed by atoms with Gasteiger partial charge in [0.15, 0.2) is 0 Å². The maximum atomic E-state index is 7.30. The number of aromatic amines is 1. The van der Waals surface area contributed by atoms with Gasteiger partial charge in [0.05, 0.1) is 0 Å². The van der Waals surface area contributed by atoms with E-state index in [2.05, 4.69) is 15.3 Å². The summed E-state index contributed by atoms with van der Waals surface area (Å²) in [6, 6.07) is 3.97. The molecule has 2 heterocycles. The van der Waals surface area contributed by atoms with Gasteiger partial charge in [-0.05, 0) is 12.1 Å². The normalized spacial score (nSPS) is 11.7. The van der Waals surface area contributed by atoms with E-state index in [0.717, 1.165) is 22.2 Å². The van der Waals surface area contributed by atoms with E-state index in [9.17, 15) is 0 Å². The summed E-state index contributed by atoms with van der Waals surface area (Å²) in [6.07, 6.45) is 6.70. The second-order valence-electron chi connectivity index (χ2n) is 3.17. The van der Waals surface area contributed by atoms with Gasteiger partial charge >= 0.3 is 0 Å². The third-order valence-electron chi connectivity index (χ3n) is 2.19. The van der Waals surface area contributed by atoms with Crippen molar-refractivity contribution < 1.29 is 0 Å². The first-order chi connectivity index (χ1) is 7.35. The van der Waals surface area contributed by atoms with Crippen LogP contribution in [0, 0.1) is 5.41 Å². The Labute approximate surface area is 87.5 Å². The van der Waals surface area contributed by atoms with Crippen LogP contribution in [0.15, 0.2) is 30.7 Å². The zero-order valence-corrected chi connectivity index (χ0v) is 8.41. The summed E-state index contributed by atoms with van der Waals surface area (Å²) in [6.45, 7) is 0. The molecule has 0 saturated heterocycles. The summed E-state index contributed by atoms with van der Waals surface area (Å²) in [5.41, 5.74) is 2.62. The topological polar surface area (TPSA) is 64.6 Å². The zero-order chi connectivity index (χ0) is 10.7. The van der Waals surface area contributed by atoms with E-state index in [-0.39, 0.29) is 0 Å². The summed E-state index contributed by atoms with van der Waals surface area (Å²) in [4.78, 5) is 7.30. The Morgan fingerprint density at radius 2 is 2.47 bits per heavy atom. The van der Waals surface area contributed by atoms with Gasteiger partial charge in [-0.2, -0.15) is 0 Å². The van der Waals surface area contributed by atoms with Crippen molar-refractivity contribution in [3.63, 3.8) is 0 Å². The second-order valence-corrected chi connectivity index (χ2v) is 3.17. The van der Waals surface area contributed by atoms with E-state index in [4.69, 9.17) is 5.41 Å². The van der Waals surface area contributed by atoms with Gasteiger partial charge < -0.3 is 15.7 Å². The van der Waals surface area contributed by atoms with E-state index in [1.54, 1.807) is 12.4 Å². The molecule has 2 aromatic heterocycles. The van der Waals surface area contributed by atoms with E-state index < -0.39 is 0 Å². The number of allylic oxidation sites excluding steroid dienone is 1. The highest BCUT2D eigenvalue weighted by Gasteiger charge is 2.01. The summed E-state index contributed by atoms with van der Waals surface area (Å²) < 4.78 is 0. The molecule has 0 aliphatic carbocycles. The molecule has 0 saturated carbocycles. The summed E-state index contributed by atoms with van der Waals surface area (Å²) in [7, 11) is 1.81. The van der Waals surface area contributed by atoms with Crippen molar-refractivity contribution in [2.24, 2.45) is 0 Å². The zero-order valence-electron chi connectivity index (χ0n) is 8.41. The van der Waals surface area contributed by atoms with Crippen LogP contribution in [0.25, 0.3) is 16.6 Å². The number of H-pyrrole nitrogens is 1. The average Bonchev–Trinajstić information content (AvgIpc) is 2.72.